The average Bonchev–Trinajstić information content (AvgIpc) is 2.79. The van der Waals surface area contributed by atoms with Crippen LogP contribution >= 0.6 is 0 Å². The molecule has 0 unspecified atom stereocenters. The predicted molar refractivity (Wildman–Crippen MR) is 125 cm³/mol. The molecule has 0 atom stereocenters. The van der Waals surface area contributed by atoms with Gasteiger partial charge in [0, 0.05) is 22.5 Å². The molecule has 0 saturated heterocycles. The third-order valence-electron chi connectivity index (χ3n) is 4.83. The third kappa shape index (κ3) is 5.02. The summed E-state index contributed by atoms with van der Waals surface area (Å²) in [6.07, 6.45) is 0. The number of sulfonamides is 1. The van der Waals surface area contributed by atoms with Crippen molar-refractivity contribution in [3.8, 4) is 17.2 Å². The quantitative estimate of drug-likeness (QED) is 0.231. The minimum absolute atomic E-state index is 0.0382. The number of amides is 1. The van der Waals surface area contributed by atoms with Crippen molar-refractivity contribution in [2.75, 3.05) is 16.6 Å². The van der Waals surface area contributed by atoms with Crippen LogP contribution in [-0.2, 0) is 14.8 Å². The summed E-state index contributed by atoms with van der Waals surface area (Å²) >= 11 is 0. The maximum atomic E-state index is 13.5. The molecule has 0 saturated carbocycles. The summed E-state index contributed by atoms with van der Waals surface area (Å²) in [5.74, 6) is -1.52. The highest BCUT2D eigenvalue weighted by atomic mass is 32.2. The highest BCUT2D eigenvalue weighted by molar-refractivity contribution is 7.93. The second-order valence-electron chi connectivity index (χ2n) is 7.26. The van der Waals surface area contributed by atoms with Gasteiger partial charge in [-0.1, -0.05) is 30.3 Å². The Morgan fingerprint density at radius 1 is 0.853 bits per heavy atom. The van der Waals surface area contributed by atoms with Crippen LogP contribution in [-0.4, -0.2) is 31.1 Å². The summed E-state index contributed by atoms with van der Waals surface area (Å²) in [7, 11) is -4.05. The van der Waals surface area contributed by atoms with Gasteiger partial charge < -0.3 is 20.3 Å². The minimum Gasteiger partial charge on any atom is -0.504 e. The molecule has 34 heavy (non-hydrogen) atoms. The van der Waals surface area contributed by atoms with Gasteiger partial charge in [0.1, 0.15) is 11.6 Å². The van der Waals surface area contributed by atoms with Crippen LogP contribution in [0.5, 0.6) is 17.2 Å². The number of anilines is 2. The second kappa shape index (κ2) is 9.28. The van der Waals surface area contributed by atoms with Crippen LogP contribution in [0, 0.1) is 5.82 Å². The molecule has 1 amide bonds. The van der Waals surface area contributed by atoms with Gasteiger partial charge in [-0.05, 0) is 42.5 Å². The molecule has 174 valence electrons. The Morgan fingerprint density at radius 3 is 2.35 bits per heavy atom. The number of rotatable bonds is 7. The summed E-state index contributed by atoms with van der Waals surface area (Å²) in [6, 6.07) is 18.3. The van der Waals surface area contributed by atoms with E-state index < -0.39 is 21.7 Å². The highest BCUT2D eigenvalue weighted by Gasteiger charge is 2.20. The number of phenolic OH excluding ortho intramolecular Hbond substituents is 2. The molecule has 8 nitrogen and oxygen atoms in total. The van der Waals surface area contributed by atoms with Crippen LogP contribution < -0.4 is 14.8 Å². The fourth-order valence-electron chi connectivity index (χ4n) is 3.31. The van der Waals surface area contributed by atoms with E-state index in [1.165, 1.54) is 48.5 Å². The molecule has 0 aliphatic heterocycles. The number of fused-ring (bicyclic) bond motifs is 1. The number of benzene rings is 4. The molecule has 0 radical (unpaired) electrons. The number of hydrogen-bond donors (Lipinski definition) is 4. The Kier molecular flexibility index (Phi) is 6.24. The highest BCUT2D eigenvalue weighted by Crippen LogP contribution is 2.32. The fourth-order valence-corrected chi connectivity index (χ4v) is 4.57. The van der Waals surface area contributed by atoms with Gasteiger partial charge in [0.15, 0.2) is 18.1 Å². The first-order chi connectivity index (χ1) is 16.2. The lowest BCUT2D eigenvalue weighted by molar-refractivity contribution is -0.118. The molecule has 4 rings (SSSR count). The SMILES string of the molecule is O=C(COc1ccc(S(=O)(=O)Nc2cccc(F)c2)c2ccccc12)Nc1ccc(O)c(O)c1. The molecule has 0 aromatic heterocycles. The standard InChI is InChI=1S/C24H19FN2O6S/c25-15-4-3-5-17(12-15)27-34(31,32)23-11-10-22(18-6-1-2-7-19(18)23)33-14-24(30)26-16-8-9-20(28)21(29)13-16/h1-13,27-29H,14H2,(H,26,30). The van der Waals surface area contributed by atoms with Gasteiger partial charge in [-0.3, -0.25) is 9.52 Å². The number of phenols is 2. The molecule has 0 heterocycles. The number of nitrogens with one attached hydrogen (secondary N) is 2. The lowest BCUT2D eigenvalue weighted by Crippen LogP contribution is -2.20. The van der Waals surface area contributed by atoms with E-state index in [-0.39, 0.29) is 40.1 Å². The zero-order valence-corrected chi connectivity index (χ0v) is 18.3. The van der Waals surface area contributed by atoms with E-state index in [9.17, 15) is 27.8 Å². The van der Waals surface area contributed by atoms with Crippen LogP contribution in [0.3, 0.4) is 0 Å². The van der Waals surface area contributed by atoms with Crippen molar-refractivity contribution in [3.05, 3.63) is 84.7 Å². The number of ether oxygens (including phenoxy) is 1. The normalized spacial score (nSPS) is 11.2. The lowest BCUT2D eigenvalue weighted by atomic mass is 10.1. The first-order valence-electron chi connectivity index (χ1n) is 9.98. The Morgan fingerprint density at radius 2 is 1.62 bits per heavy atom. The fraction of sp³-hybridized carbons (Fsp3) is 0.0417. The van der Waals surface area contributed by atoms with Crippen molar-refractivity contribution in [1.82, 2.24) is 0 Å². The van der Waals surface area contributed by atoms with Gasteiger partial charge in [0.05, 0.1) is 10.6 Å². The summed E-state index contributed by atoms with van der Waals surface area (Å²) < 4.78 is 47.4. The van der Waals surface area contributed by atoms with E-state index >= 15 is 0 Å². The van der Waals surface area contributed by atoms with E-state index in [2.05, 4.69) is 10.0 Å². The number of carbonyl (C=O) groups excluding carboxylic acids is 1. The monoisotopic (exact) mass is 482 g/mol. The molecule has 4 N–H and O–H groups in total. The lowest BCUT2D eigenvalue weighted by Gasteiger charge is -2.14. The number of halogens is 1. The van der Waals surface area contributed by atoms with Gasteiger partial charge in [-0.2, -0.15) is 0 Å². The van der Waals surface area contributed by atoms with Gasteiger partial charge in [0.25, 0.3) is 15.9 Å². The summed E-state index contributed by atoms with van der Waals surface area (Å²) in [6.45, 7) is -0.390. The maximum absolute atomic E-state index is 13.5. The number of hydrogen-bond acceptors (Lipinski definition) is 6. The van der Waals surface area contributed by atoms with Gasteiger partial charge in [0.2, 0.25) is 0 Å². The molecular weight excluding hydrogens is 463 g/mol. The number of carbonyl (C=O) groups is 1. The van der Waals surface area contributed by atoms with E-state index in [0.717, 1.165) is 6.07 Å². The molecular formula is C24H19FN2O6S. The molecule has 0 spiro atoms. The van der Waals surface area contributed by atoms with Crippen molar-refractivity contribution in [2.45, 2.75) is 4.90 Å². The van der Waals surface area contributed by atoms with Gasteiger partial charge >= 0.3 is 0 Å². The maximum Gasteiger partial charge on any atom is 0.262 e. The van der Waals surface area contributed by atoms with Crippen molar-refractivity contribution in [3.63, 3.8) is 0 Å². The zero-order chi connectivity index (χ0) is 24.3. The van der Waals surface area contributed by atoms with Crippen molar-refractivity contribution >= 4 is 38.1 Å². The third-order valence-corrected chi connectivity index (χ3v) is 6.27. The molecule has 10 heteroatoms. The topological polar surface area (TPSA) is 125 Å². The van der Waals surface area contributed by atoms with Crippen molar-refractivity contribution in [2.24, 2.45) is 0 Å². The molecule has 0 fully saturated rings. The molecule has 4 aromatic carbocycles. The van der Waals surface area contributed by atoms with E-state index in [4.69, 9.17) is 4.74 Å². The molecule has 4 aromatic rings. The van der Waals surface area contributed by atoms with Crippen LogP contribution in [0.1, 0.15) is 0 Å². The van der Waals surface area contributed by atoms with Crippen molar-refractivity contribution in [1.29, 1.82) is 0 Å². The van der Waals surface area contributed by atoms with Crippen LogP contribution in [0.25, 0.3) is 10.8 Å². The largest absolute Gasteiger partial charge is 0.504 e. The zero-order valence-electron chi connectivity index (χ0n) is 17.5. The van der Waals surface area contributed by atoms with Crippen LogP contribution in [0.15, 0.2) is 83.8 Å². The van der Waals surface area contributed by atoms with Gasteiger partial charge in [-0.25, -0.2) is 12.8 Å². The van der Waals surface area contributed by atoms with Crippen molar-refractivity contribution < 1.29 is 32.6 Å². The first-order valence-corrected chi connectivity index (χ1v) is 11.5. The van der Waals surface area contributed by atoms with Gasteiger partial charge in [-0.15, -0.1) is 0 Å². The Balaban J connectivity index is 1.55. The smallest absolute Gasteiger partial charge is 0.262 e. The molecule has 0 aliphatic carbocycles. The Bertz CT molecular complexity index is 1490. The Hall–Kier alpha value is -4.31. The predicted octanol–water partition coefficient (Wildman–Crippen LogP) is 4.21. The van der Waals surface area contributed by atoms with E-state index in [1.807, 2.05) is 0 Å². The van der Waals surface area contributed by atoms with E-state index in [1.54, 1.807) is 24.3 Å². The van der Waals surface area contributed by atoms with E-state index in [0.29, 0.717) is 10.8 Å². The molecule has 0 bridgehead atoms. The van der Waals surface area contributed by atoms with Crippen LogP contribution in [0.4, 0.5) is 15.8 Å². The summed E-state index contributed by atoms with van der Waals surface area (Å²) in [5.41, 5.74) is 0.347. The Labute approximate surface area is 194 Å². The molecule has 0 aliphatic rings. The first kappa shape index (κ1) is 22.9. The number of aromatic hydroxyl groups is 2. The summed E-state index contributed by atoms with van der Waals surface area (Å²) in [5, 5.41) is 22.2. The summed E-state index contributed by atoms with van der Waals surface area (Å²) in [4.78, 5) is 12.2. The average molecular weight is 482 g/mol. The van der Waals surface area contributed by atoms with Crippen LogP contribution in [0.2, 0.25) is 0 Å². The second-order valence-corrected chi connectivity index (χ2v) is 8.91. The minimum atomic E-state index is -4.05.